The molecule has 1 N–H and O–H groups in total. The number of nitriles is 1. The molecule has 4 rings (SSSR count). The molecule has 146 valence electrons. The third-order valence-corrected chi connectivity index (χ3v) is 4.87. The summed E-state index contributed by atoms with van der Waals surface area (Å²) in [6.07, 6.45) is 1.61. The van der Waals surface area contributed by atoms with Gasteiger partial charge in [-0.15, -0.1) is 0 Å². The molecular formula is C21H19N5O3. The molecule has 0 unspecified atom stereocenters. The lowest BCUT2D eigenvalue weighted by Crippen LogP contribution is -2.36. The van der Waals surface area contributed by atoms with Crippen molar-refractivity contribution in [1.29, 1.82) is 5.26 Å². The van der Waals surface area contributed by atoms with Crippen LogP contribution in [0, 0.1) is 28.4 Å². The minimum Gasteiger partial charge on any atom is -0.378 e. The van der Waals surface area contributed by atoms with Crippen molar-refractivity contribution in [3.63, 3.8) is 0 Å². The molecule has 2 heterocycles. The number of hydrogen-bond donors (Lipinski definition) is 1. The molecule has 2 aromatic carbocycles. The molecule has 0 aliphatic carbocycles. The fraction of sp³-hybridized carbons (Fsp3) is 0.238. The fourth-order valence-corrected chi connectivity index (χ4v) is 3.42. The average Bonchev–Trinajstić information content (AvgIpc) is 3.15. The zero-order valence-electron chi connectivity index (χ0n) is 15.9. The summed E-state index contributed by atoms with van der Waals surface area (Å²) in [6, 6.07) is 12.9. The van der Waals surface area contributed by atoms with Crippen molar-refractivity contribution >= 4 is 34.1 Å². The van der Waals surface area contributed by atoms with E-state index in [0.717, 1.165) is 16.6 Å². The number of benzene rings is 2. The predicted octanol–water partition coefficient (Wildman–Crippen LogP) is 3.68. The van der Waals surface area contributed by atoms with E-state index in [1.165, 1.54) is 6.07 Å². The van der Waals surface area contributed by atoms with Gasteiger partial charge >= 0.3 is 0 Å². The van der Waals surface area contributed by atoms with E-state index in [1.54, 1.807) is 18.2 Å². The highest BCUT2D eigenvalue weighted by molar-refractivity contribution is 5.91. The number of morpholine rings is 1. The Morgan fingerprint density at radius 1 is 1.31 bits per heavy atom. The van der Waals surface area contributed by atoms with Gasteiger partial charge in [0.05, 0.1) is 34.7 Å². The summed E-state index contributed by atoms with van der Waals surface area (Å²) in [5.41, 5.74) is 4.15. The second-order valence-electron chi connectivity index (χ2n) is 6.88. The molecule has 1 aliphatic heterocycles. The standard InChI is InChI=1S/C21H19N5O3/c1-14-2-4-17-18(10-14)24-21(23-17)16(13-22)11-15-3-5-19(20(12-15)26(27)28)25-6-8-29-9-7-25/h2-5,10-12H,6-9H2,1H3,(H,23,24). The minimum absolute atomic E-state index is 0.0122. The average molecular weight is 389 g/mol. The number of H-pyrrole nitrogens is 1. The number of rotatable bonds is 4. The maximum Gasteiger partial charge on any atom is 0.293 e. The summed E-state index contributed by atoms with van der Waals surface area (Å²) in [7, 11) is 0. The van der Waals surface area contributed by atoms with Crippen molar-refractivity contribution in [3.05, 3.63) is 63.5 Å². The molecule has 3 aromatic rings. The number of anilines is 1. The molecule has 0 spiro atoms. The lowest BCUT2D eigenvalue weighted by Gasteiger charge is -2.28. The van der Waals surface area contributed by atoms with E-state index in [2.05, 4.69) is 16.0 Å². The van der Waals surface area contributed by atoms with Crippen molar-refractivity contribution in [2.24, 2.45) is 0 Å². The van der Waals surface area contributed by atoms with E-state index in [0.29, 0.717) is 49.0 Å². The molecule has 0 saturated carbocycles. The molecular weight excluding hydrogens is 370 g/mol. The van der Waals surface area contributed by atoms with Crippen LogP contribution in [0.25, 0.3) is 22.7 Å². The van der Waals surface area contributed by atoms with Crippen molar-refractivity contribution in [2.75, 3.05) is 31.2 Å². The molecule has 0 atom stereocenters. The number of imidazole rings is 1. The number of nitro groups is 1. The van der Waals surface area contributed by atoms with Crippen LogP contribution in [0.2, 0.25) is 0 Å². The SMILES string of the molecule is Cc1ccc2nc(C(C#N)=Cc3ccc(N4CCOCC4)c([N+](=O)[O-])c3)[nH]c2c1. The van der Waals surface area contributed by atoms with Crippen LogP contribution in [0.5, 0.6) is 0 Å². The first-order valence-electron chi connectivity index (χ1n) is 9.25. The number of allylic oxidation sites excluding steroid dienone is 1. The van der Waals surface area contributed by atoms with E-state index in [4.69, 9.17) is 4.74 Å². The number of nitro benzene ring substituents is 1. The summed E-state index contributed by atoms with van der Waals surface area (Å²) in [6.45, 7) is 4.29. The Morgan fingerprint density at radius 3 is 2.83 bits per heavy atom. The monoisotopic (exact) mass is 389 g/mol. The van der Waals surface area contributed by atoms with Crippen LogP contribution in [-0.4, -0.2) is 41.2 Å². The predicted molar refractivity (Wildman–Crippen MR) is 110 cm³/mol. The van der Waals surface area contributed by atoms with Gasteiger partial charge in [-0.25, -0.2) is 4.98 Å². The number of nitrogens with one attached hydrogen (secondary N) is 1. The molecule has 0 radical (unpaired) electrons. The summed E-state index contributed by atoms with van der Waals surface area (Å²) >= 11 is 0. The summed E-state index contributed by atoms with van der Waals surface area (Å²) < 4.78 is 5.33. The van der Waals surface area contributed by atoms with Gasteiger partial charge in [0.2, 0.25) is 0 Å². The summed E-state index contributed by atoms with van der Waals surface area (Å²) in [4.78, 5) is 20.8. The molecule has 1 fully saturated rings. The van der Waals surface area contributed by atoms with Crippen LogP contribution >= 0.6 is 0 Å². The first kappa shape index (κ1) is 18.7. The zero-order chi connectivity index (χ0) is 20.4. The fourth-order valence-electron chi connectivity index (χ4n) is 3.42. The highest BCUT2D eigenvalue weighted by atomic mass is 16.6. The lowest BCUT2D eigenvalue weighted by atomic mass is 10.1. The van der Waals surface area contributed by atoms with E-state index < -0.39 is 4.92 Å². The number of nitrogens with zero attached hydrogens (tertiary/aromatic N) is 4. The Balaban J connectivity index is 1.72. The normalized spacial score (nSPS) is 14.8. The molecule has 0 bridgehead atoms. The van der Waals surface area contributed by atoms with E-state index in [1.807, 2.05) is 30.0 Å². The van der Waals surface area contributed by atoms with Gasteiger partial charge in [0, 0.05) is 19.2 Å². The third kappa shape index (κ3) is 3.81. The smallest absolute Gasteiger partial charge is 0.293 e. The number of fused-ring (bicyclic) bond motifs is 1. The number of ether oxygens (including phenoxy) is 1. The third-order valence-electron chi connectivity index (χ3n) is 4.87. The van der Waals surface area contributed by atoms with Gasteiger partial charge in [-0.05, 0) is 42.3 Å². The quantitative estimate of drug-likeness (QED) is 0.414. The van der Waals surface area contributed by atoms with E-state index in [-0.39, 0.29) is 5.69 Å². The van der Waals surface area contributed by atoms with Crippen molar-refractivity contribution < 1.29 is 9.66 Å². The van der Waals surface area contributed by atoms with Gasteiger partial charge in [0.1, 0.15) is 17.6 Å². The molecule has 1 aliphatic rings. The van der Waals surface area contributed by atoms with E-state index >= 15 is 0 Å². The number of hydrogen-bond acceptors (Lipinski definition) is 6. The van der Waals surface area contributed by atoms with Gasteiger partial charge < -0.3 is 14.6 Å². The Kier molecular flexibility index (Phi) is 4.97. The van der Waals surface area contributed by atoms with Gasteiger partial charge in [-0.2, -0.15) is 5.26 Å². The van der Waals surface area contributed by atoms with E-state index in [9.17, 15) is 15.4 Å². The first-order valence-corrected chi connectivity index (χ1v) is 9.25. The first-order chi connectivity index (χ1) is 14.0. The largest absolute Gasteiger partial charge is 0.378 e. The maximum atomic E-state index is 11.6. The number of aromatic amines is 1. The lowest BCUT2D eigenvalue weighted by molar-refractivity contribution is -0.384. The highest BCUT2D eigenvalue weighted by Gasteiger charge is 2.22. The molecule has 1 aromatic heterocycles. The Morgan fingerprint density at radius 2 is 2.10 bits per heavy atom. The second kappa shape index (κ2) is 7.73. The van der Waals surface area contributed by atoms with Crippen LogP contribution in [0.15, 0.2) is 36.4 Å². The van der Waals surface area contributed by atoms with Crippen LogP contribution in [-0.2, 0) is 4.74 Å². The molecule has 8 heteroatoms. The molecule has 0 amide bonds. The minimum atomic E-state index is -0.391. The van der Waals surface area contributed by atoms with Crippen molar-refractivity contribution in [1.82, 2.24) is 9.97 Å². The second-order valence-corrected chi connectivity index (χ2v) is 6.88. The zero-order valence-corrected chi connectivity index (χ0v) is 15.9. The Labute approximate surface area is 167 Å². The van der Waals surface area contributed by atoms with Gasteiger partial charge in [-0.1, -0.05) is 12.1 Å². The van der Waals surface area contributed by atoms with Gasteiger partial charge in [0.25, 0.3) is 5.69 Å². The molecule has 8 nitrogen and oxygen atoms in total. The number of aromatic nitrogens is 2. The molecule has 1 saturated heterocycles. The number of aryl methyl sites for hydroxylation is 1. The van der Waals surface area contributed by atoms with Crippen LogP contribution in [0.4, 0.5) is 11.4 Å². The summed E-state index contributed by atoms with van der Waals surface area (Å²) in [5, 5.41) is 21.3. The molecule has 29 heavy (non-hydrogen) atoms. The maximum absolute atomic E-state index is 11.6. The van der Waals surface area contributed by atoms with Crippen LogP contribution in [0.1, 0.15) is 17.0 Å². The van der Waals surface area contributed by atoms with Crippen LogP contribution in [0.3, 0.4) is 0 Å². The van der Waals surface area contributed by atoms with Crippen molar-refractivity contribution in [3.8, 4) is 6.07 Å². The topological polar surface area (TPSA) is 108 Å². The van der Waals surface area contributed by atoms with Crippen molar-refractivity contribution in [2.45, 2.75) is 6.92 Å². The Bertz CT molecular complexity index is 1150. The Hall–Kier alpha value is -3.70. The van der Waals surface area contributed by atoms with Gasteiger partial charge in [0.15, 0.2) is 0 Å². The highest BCUT2D eigenvalue weighted by Crippen LogP contribution is 2.31. The summed E-state index contributed by atoms with van der Waals surface area (Å²) in [5.74, 6) is 0.438. The van der Waals surface area contributed by atoms with Gasteiger partial charge in [-0.3, -0.25) is 10.1 Å². The van der Waals surface area contributed by atoms with Crippen LogP contribution < -0.4 is 4.90 Å².